The Labute approximate surface area is 138 Å². The summed E-state index contributed by atoms with van der Waals surface area (Å²) in [6, 6.07) is 6.79. The van der Waals surface area contributed by atoms with Gasteiger partial charge < -0.3 is 20.4 Å². The molecule has 24 heavy (non-hydrogen) atoms. The van der Waals surface area contributed by atoms with Crippen molar-refractivity contribution in [3.8, 4) is 11.3 Å². The van der Waals surface area contributed by atoms with Gasteiger partial charge in [0.2, 0.25) is 0 Å². The van der Waals surface area contributed by atoms with Crippen LogP contribution in [0.4, 0.5) is 10.2 Å². The molecule has 1 fully saturated rings. The lowest BCUT2D eigenvalue weighted by atomic mass is 10.1. The molecule has 1 aliphatic heterocycles. The van der Waals surface area contributed by atoms with E-state index < -0.39 is 0 Å². The predicted molar refractivity (Wildman–Crippen MR) is 90.2 cm³/mol. The molecule has 1 aromatic carbocycles. The topological polar surface area (TPSA) is 80.1 Å². The van der Waals surface area contributed by atoms with E-state index in [1.54, 1.807) is 6.20 Å². The van der Waals surface area contributed by atoms with Crippen molar-refractivity contribution in [3.05, 3.63) is 42.1 Å². The van der Waals surface area contributed by atoms with Crippen LogP contribution < -0.4 is 10.6 Å². The van der Waals surface area contributed by atoms with Gasteiger partial charge in [0, 0.05) is 41.8 Å². The number of morpholine rings is 1. The average molecular weight is 327 g/mol. The maximum atomic E-state index is 14.0. The molecule has 0 amide bonds. The maximum absolute atomic E-state index is 14.0. The Morgan fingerprint density at radius 1 is 1.21 bits per heavy atom. The van der Waals surface area contributed by atoms with Gasteiger partial charge in [-0.15, -0.1) is 0 Å². The summed E-state index contributed by atoms with van der Waals surface area (Å²) in [7, 11) is 0. The highest BCUT2D eigenvalue weighted by Crippen LogP contribution is 2.30. The van der Waals surface area contributed by atoms with Crippen molar-refractivity contribution in [1.82, 2.24) is 15.0 Å². The predicted octanol–water partition coefficient (Wildman–Crippen LogP) is 2.06. The molecule has 0 unspecified atom stereocenters. The molecule has 0 saturated carbocycles. The van der Waals surface area contributed by atoms with Crippen LogP contribution in [0, 0.1) is 5.82 Å². The molecule has 0 bridgehead atoms. The molecule has 2 aromatic heterocycles. The SMILES string of the molecule is NCc1nc(-c2cc(F)cc3[nH]ccc23)cc(N2CCOCC2)n1. The number of fused-ring (bicyclic) bond motifs is 1. The molecule has 0 atom stereocenters. The highest BCUT2D eigenvalue weighted by Gasteiger charge is 2.17. The van der Waals surface area contributed by atoms with E-state index in [0.29, 0.717) is 24.7 Å². The van der Waals surface area contributed by atoms with Crippen molar-refractivity contribution in [2.45, 2.75) is 6.54 Å². The zero-order chi connectivity index (χ0) is 16.5. The van der Waals surface area contributed by atoms with Crippen molar-refractivity contribution in [2.75, 3.05) is 31.2 Å². The number of nitrogens with two attached hydrogens (primary N) is 1. The molecule has 0 aliphatic carbocycles. The monoisotopic (exact) mass is 327 g/mol. The summed E-state index contributed by atoms with van der Waals surface area (Å²) in [6.45, 7) is 3.10. The van der Waals surface area contributed by atoms with E-state index in [-0.39, 0.29) is 12.4 Å². The molecule has 3 aromatic rings. The first-order valence-corrected chi connectivity index (χ1v) is 7.92. The van der Waals surface area contributed by atoms with Crippen LogP contribution >= 0.6 is 0 Å². The number of rotatable bonds is 3. The van der Waals surface area contributed by atoms with Crippen molar-refractivity contribution in [2.24, 2.45) is 5.73 Å². The minimum atomic E-state index is -0.305. The summed E-state index contributed by atoms with van der Waals surface area (Å²) < 4.78 is 19.4. The molecule has 3 N–H and O–H groups in total. The minimum Gasteiger partial charge on any atom is -0.378 e. The van der Waals surface area contributed by atoms with Crippen LogP contribution in [0.2, 0.25) is 0 Å². The van der Waals surface area contributed by atoms with Crippen molar-refractivity contribution in [3.63, 3.8) is 0 Å². The normalized spacial score (nSPS) is 15.2. The van der Waals surface area contributed by atoms with E-state index in [0.717, 1.165) is 35.4 Å². The fourth-order valence-corrected chi connectivity index (χ4v) is 3.01. The third-order valence-corrected chi connectivity index (χ3v) is 4.19. The fraction of sp³-hybridized carbons (Fsp3) is 0.294. The molecule has 0 radical (unpaired) electrons. The Bertz CT molecular complexity index is 873. The van der Waals surface area contributed by atoms with Gasteiger partial charge in [0.15, 0.2) is 0 Å². The zero-order valence-electron chi connectivity index (χ0n) is 13.1. The van der Waals surface area contributed by atoms with Gasteiger partial charge in [0.1, 0.15) is 17.5 Å². The Balaban J connectivity index is 1.85. The van der Waals surface area contributed by atoms with E-state index in [4.69, 9.17) is 10.5 Å². The number of H-pyrrole nitrogens is 1. The lowest BCUT2D eigenvalue weighted by Gasteiger charge is -2.28. The summed E-state index contributed by atoms with van der Waals surface area (Å²) in [5.41, 5.74) is 7.92. The smallest absolute Gasteiger partial charge is 0.144 e. The van der Waals surface area contributed by atoms with E-state index in [1.807, 2.05) is 12.1 Å². The summed E-state index contributed by atoms with van der Waals surface area (Å²) in [5.74, 6) is 1.04. The largest absolute Gasteiger partial charge is 0.378 e. The molecule has 6 nitrogen and oxygen atoms in total. The lowest BCUT2D eigenvalue weighted by molar-refractivity contribution is 0.122. The second-order valence-electron chi connectivity index (χ2n) is 5.72. The number of hydrogen-bond donors (Lipinski definition) is 2. The average Bonchev–Trinajstić information content (AvgIpc) is 3.09. The molecule has 0 spiro atoms. The van der Waals surface area contributed by atoms with Crippen LogP contribution in [-0.4, -0.2) is 41.3 Å². The number of aromatic amines is 1. The molecule has 124 valence electrons. The van der Waals surface area contributed by atoms with Crippen LogP contribution in [0.5, 0.6) is 0 Å². The molecule has 7 heteroatoms. The van der Waals surface area contributed by atoms with Gasteiger partial charge in [0.05, 0.1) is 25.5 Å². The number of anilines is 1. The third kappa shape index (κ3) is 2.72. The number of nitrogens with zero attached hydrogens (tertiary/aromatic N) is 3. The van der Waals surface area contributed by atoms with Crippen LogP contribution in [-0.2, 0) is 11.3 Å². The second kappa shape index (κ2) is 6.18. The Hall–Kier alpha value is -2.51. The maximum Gasteiger partial charge on any atom is 0.144 e. The van der Waals surface area contributed by atoms with Crippen LogP contribution in [0.25, 0.3) is 22.2 Å². The standard InChI is InChI=1S/C17H18FN5O/c18-11-7-13(12-1-2-20-14(12)8-11)15-9-17(22-16(10-19)21-15)23-3-5-24-6-4-23/h1-2,7-9,20H,3-6,10,19H2. The summed E-state index contributed by atoms with van der Waals surface area (Å²) in [4.78, 5) is 14.2. The quantitative estimate of drug-likeness (QED) is 0.770. The van der Waals surface area contributed by atoms with E-state index >= 15 is 0 Å². The number of ether oxygens (including phenoxy) is 1. The summed E-state index contributed by atoms with van der Waals surface area (Å²) in [6.07, 6.45) is 1.79. The van der Waals surface area contributed by atoms with Gasteiger partial charge in [-0.3, -0.25) is 0 Å². The highest BCUT2D eigenvalue weighted by atomic mass is 19.1. The Morgan fingerprint density at radius 2 is 2.04 bits per heavy atom. The van der Waals surface area contributed by atoms with Crippen LogP contribution in [0.3, 0.4) is 0 Å². The number of hydrogen-bond acceptors (Lipinski definition) is 5. The van der Waals surface area contributed by atoms with Crippen molar-refractivity contribution >= 4 is 16.7 Å². The summed E-state index contributed by atoms with van der Waals surface area (Å²) in [5, 5.41) is 0.922. The first-order valence-electron chi connectivity index (χ1n) is 7.92. The first-order chi connectivity index (χ1) is 11.7. The van der Waals surface area contributed by atoms with Gasteiger partial charge >= 0.3 is 0 Å². The lowest BCUT2D eigenvalue weighted by Crippen LogP contribution is -2.37. The zero-order valence-corrected chi connectivity index (χ0v) is 13.1. The van der Waals surface area contributed by atoms with Gasteiger partial charge in [-0.1, -0.05) is 0 Å². The molecule has 4 rings (SSSR count). The van der Waals surface area contributed by atoms with E-state index in [2.05, 4.69) is 19.9 Å². The molecule has 3 heterocycles. The number of nitrogens with one attached hydrogen (secondary N) is 1. The van der Waals surface area contributed by atoms with Gasteiger partial charge in [-0.2, -0.15) is 0 Å². The second-order valence-corrected chi connectivity index (χ2v) is 5.72. The van der Waals surface area contributed by atoms with Crippen LogP contribution in [0.15, 0.2) is 30.5 Å². The molecular formula is C17H18FN5O. The number of halogens is 1. The Kier molecular flexibility index (Phi) is 3.87. The molecule has 1 saturated heterocycles. The third-order valence-electron chi connectivity index (χ3n) is 4.19. The highest BCUT2D eigenvalue weighted by molar-refractivity contribution is 5.94. The van der Waals surface area contributed by atoms with Crippen molar-refractivity contribution < 1.29 is 9.13 Å². The van der Waals surface area contributed by atoms with Crippen LogP contribution in [0.1, 0.15) is 5.82 Å². The summed E-state index contributed by atoms with van der Waals surface area (Å²) >= 11 is 0. The molecular weight excluding hydrogens is 309 g/mol. The van der Waals surface area contributed by atoms with E-state index in [9.17, 15) is 4.39 Å². The fourth-order valence-electron chi connectivity index (χ4n) is 3.01. The Morgan fingerprint density at radius 3 is 2.83 bits per heavy atom. The van der Waals surface area contributed by atoms with Gasteiger partial charge in [0.25, 0.3) is 0 Å². The van der Waals surface area contributed by atoms with E-state index in [1.165, 1.54) is 12.1 Å². The van der Waals surface area contributed by atoms with Crippen molar-refractivity contribution in [1.29, 1.82) is 0 Å². The number of benzene rings is 1. The first kappa shape index (κ1) is 15.0. The minimum absolute atomic E-state index is 0.233. The van der Waals surface area contributed by atoms with Gasteiger partial charge in [-0.25, -0.2) is 14.4 Å². The molecule has 1 aliphatic rings. The number of aromatic nitrogens is 3. The van der Waals surface area contributed by atoms with Gasteiger partial charge in [-0.05, 0) is 18.2 Å².